The van der Waals surface area contributed by atoms with Crippen LogP contribution in [-0.2, 0) is 17.8 Å². The number of amides is 1. The van der Waals surface area contributed by atoms with Gasteiger partial charge in [0.25, 0.3) is 0 Å². The molecule has 0 bridgehead atoms. The van der Waals surface area contributed by atoms with Crippen molar-refractivity contribution in [1.29, 1.82) is 0 Å². The molecule has 1 fully saturated rings. The number of nitrogens with one attached hydrogen (secondary N) is 1. The molecule has 3 aromatic carbocycles. The number of nitrogens with zero attached hydrogens (tertiary/aromatic N) is 2. The largest absolute Gasteiger partial charge is 0.454 e. The molecule has 38 heavy (non-hydrogen) atoms. The maximum Gasteiger partial charge on any atom is 0.231 e. The van der Waals surface area contributed by atoms with Crippen molar-refractivity contribution in [2.75, 3.05) is 33.0 Å². The third-order valence-electron chi connectivity index (χ3n) is 8.02. The summed E-state index contributed by atoms with van der Waals surface area (Å²) < 4.78 is 11.0. The highest BCUT2D eigenvalue weighted by atomic mass is 16.7. The summed E-state index contributed by atoms with van der Waals surface area (Å²) in [6.45, 7) is 8.65. The number of fused-ring (bicyclic) bond motifs is 2. The van der Waals surface area contributed by atoms with Crippen LogP contribution in [0.25, 0.3) is 10.9 Å². The second kappa shape index (κ2) is 10.5. The Morgan fingerprint density at radius 3 is 2.55 bits per heavy atom. The van der Waals surface area contributed by atoms with Crippen LogP contribution < -0.4 is 9.47 Å². The number of para-hydroxylation sites is 1. The van der Waals surface area contributed by atoms with Crippen LogP contribution in [-0.4, -0.2) is 53.7 Å². The molecule has 3 heterocycles. The molecule has 4 aromatic rings. The zero-order valence-corrected chi connectivity index (χ0v) is 22.2. The highest BCUT2D eigenvalue weighted by molar-refractivity contribution is 5.88. The minimum absolute atomic E-state index is 0.00983. The highest BCUT2D eigenvalue weighted by Crippen LogP contribution is 2.36. The second-order valence-corrected chi connectivity index (χ2v) is 10.4. The van der Waals surface area contributed by atoms with E-state index >= 15 is 0 Å². The van der Waals surface area contributed by atoms with Crippen LogP contribution in [0.15, 0.2) is 66.9 Å². The molecule has 6 rings (SSSR count). The van der Waals surface area contributed by atoms with Gasteiger partial charge in [0, 0.05) is 62.2 Å². The van der Waals surface area contributed by atoms with E-state index in [9.17, 15) is 4.79 Å². The van der Waals surface area contributed by atoms with E-state index in [1.54, 1.807) is 0 Å². The van der Waals surface area contributed by atoms with E-state index in [1.165, 1.54) is 38.7 Å². The van der Waals surface area contributed by atoms with Crippen molar-refractivity contribution in [2.24, 2.45) is 0 Å². The fraction of sp³-hybridized carbons (Fsp3) is 0.344. The molecule has 1 N–H and O–H groups in total. The average molecular weight is 510 g/mol. The second-order valence-electron chi connectivity index (χ2n) is 10.4. The molecule has 6 heteroatoms. The molecule has 1 saturated heterocycles. The van der Waals surface area contributed by atoms with Gasteiger partial charge in [0.2, 0.25) is 12.7 Å². The maximum absolute atomic E-state index is 13.7. The quantitative estimate of drug-likeness (QED) is 0.351. The van der Waals surface area contributed by atoms with E-state index in [0.29, 0.717) is 13.2 Å². The Bertz CT molecular complexity index is 1430. The normalized spacial score (nSPS) is 16.2. The number of H-pyrrole nitrogens is 1. The van der Waals surface area contributed by atoms with Gasteiger partial charge in [-0.1, -0.05) is 61.0 Å². The predicted molar refractivity (Wildman–Crippen MR) is 150 cm³/mol. The summed E-state index contributed by atoms with van der Waals surface area (Å²) in [5.74, 6) is 1.87. The summed E-state index contributed by atoms with van der Waals surface area (Å²) >= 11 is 0. The van der Waals surface area contributed by atoms with Crippen LogP contribution in [0.5, 0.6) is 11.5 Å². The molecule has 0 aliphatic carbocycles. The van der Waals surface area contributed by atoms with Gasteiger partial charge in [0.1, 0.15) is 0 Å². The summed E-state index contributed by atoms with van der Waals surface area (Å²) in [5.41, 5.74) is 7.32. The summed E-state index contributed by atoms with van der Waals surface area (Å²) in [6, 6.07) is 21.3. The lowest BCUT2D eigenvalue weighted by Gasteiger charge is -2.35. The smallest absolute Gasteiger partial charge is 0.231 e. The zero-order chi connectivity index (χ0) is 26.1. The standard InChI is InChI=1S/C32H35N3O3/c1-3-24-5-4-6-26-28(19-33-32(24)26)27(25-10-7-22(2)8-11-25)18-31(36)35-15-13-34(14-16-35)20-23-9-12-29-30(17-23)38-21-37-29/h4-12,17,19,27,33H,3,13-16,18,20-21H2,1-2H3/t27-/m0/s1. The Kier molecular flexibility index (Phi) is 6.81. The number of aromatic amines is 1. The molecule has 196 valence electrons. The van der Waals surface area contributed by atoms with E-state index in [-0.39, 0.29) is 11.8 Å². The Labute approximate surface area is 224 Å². The number of rotatable bonds is 7. The fourth-order valence-electron chi connectivity index (χ4n) is 5.78. The lowest BCUT2D eigenvalue weighted by molar-refractivity contribution is -0.133. The first kappa shape index (κ1) is 24.6. The van der Waals surface area contributed by atoms with Gasteiger partial charge in [-0.15, -0.1) is 0 Å². The monoisotopic (exact) mass is 509 g/mol. The predicted octanol–water partition coefficient (Wildman–Crippen LogP) is 5.63. The number of carbonyl (C=O) groups is 1. The number of hydrogen-bond donors (Lipinski definition) is 1. The van der Waals surface area contributed by atoms with Gasteiger partial charge in [-0.3, -0.25) is 9.69 Å². The van der Waals surface area contributed by atoms with Gasteiger partial charge in [-0.05, 0) is 47.7 Å². The van der Waals surface area contributed by atoms with Crippen LogP contribution >= 0.6 is 0 Å². The molecule has 2 aliphatic heterocycles. The van der Waals surface area contributed by atoms with Crippen LogP contribution in [0.2, 0.25) is 0 Å². The van der Waals surface area contributed by atoms with Crippen molar-refractivity contribution in [3.8, 4) is 11.5 Å². The number of benzene rings is 3. The van der Waals surface area contributed by atoms with Crippen molar-refractivity contribution >= 4 is 16.8 Å². The summed E-state index contributed by atoms with van der Waals surface area (Å²) in [4.78, 5) is 21.6. The Hall–Kier alpha value is -3.77. The lowest BCUT2D eigenvalue weighted by atomic mass is 9.87. The molecule has 1 atom stereocenters. The molecule has 1 amide bonds. The van der Waals surface area contributed by atoms with E-state index in [4.69, 9.17) is 9.47 Å². The van der Waals surface area contributed by atoms with Crippen LogP contribution in [0, 0.1) is 6.92 Å². The summed E-state index contributed by atoms with van der Waals surface area (Å²) in [7, 11) is 0. The van der Waals surface area contributed by atoms with E-state index in [2.05, 4.69) is 84.5 Å². The van der Waals surface area contributed by atoms with Crippen molar-refractivity contribution < 1.29 is 14.3 Å². The van der Waals surface area contributed by atoms with Crippen molar-refractivity contribution in [2.45, 2.75) is 39.2 Å². The first-order valence-corrected chi connectivity index (χ1v) is 13.6. The van der Waals surface area contributed by atoms with Crippen molar-refractivity contribution in [3.05, 3.63) is 94.7 Å². The molecule has 6 nitrogen and oxygen atoms in total. The van der Waals surface area contributed by atoms with Crippen molar-refractivity contribution in [3.63, 3.8) is 0 Å². The SMILES string of the molecule is CCc1cccc2c([C@@H](CC(=O)N3CCN(Cc4ccc5c(c4)OCO5)CC3)c3ccc(C)cc3)c[nH]c12. The van der Waals surface area contributed by atoms with Crippen LogP contribution in [0.1, 0.15) is 47.1 Å². The molecular weight excluding hydrogens is 474 g/mol. The third kappa shape index (κ3) is 4.88. The molecule has 1 aromatic heterocycles. The summed E-state index contributed by atoms with van der Waals surface area (Å²) in [6.07, 6.45) is 3.56. The number of hydrogen-bond acceptors (Lipinski definition) is 4. The molecule has 0 saturated carbocycles. The van der Waals surface area contributed by atoms with Gasteiger partial charge in [-0.2, -0.15) is 0 Å². The zero-order valence-electron chi connectivity index (χ0n) is 22.2. The number of carbonyl (C=O) groups excluding carboxylic acids is 1. The highest BCUT2D eigenvalue weighted by Gasteiger charge is 2.27. The van der Waals surface area contributed by atoms with E-state index in [1.807, 2.05) is 11.0 Å². The van der Waals surface area contributed by atoms with Gasteiger partial charge in [-0.25, -0.2) is 0 Å². The summed E-state index contributed by atoms with van der Waals surface area (Å²) in [5, 5.41) is 1.22. The molecule has 0 unspecified atom stereocenters. The minimum Gasteiger partial charge on any atom is -0.454 e. The van der Waals surface area contributed by atoms with Gasteiger partial charge >= 0.3 is 0 Å². The van der Waals surface area contributed by atoms with E-state index in [0.717, 1.165) is 50.6 Å². The van der Waals surface area contributed by atoms with Gasteiger partial charge in [0.15, 0.2) is 11.5 Å². The molecule has 2 aliphatic rings. The van der Waals surface area contributed by atoms with E-state index < -0.39 is 0 Å². The maximum atomic E-state index is 13.7. The van der Waals surface area contributed by atoms with Gasteiger partial charge < -0.3 is 19.4 Å². The molecule has 0 radical (unpaired) electrons. The molecule has 0 spiro atoms. The Morgan fingerprint density at radius 2 is 1.76 bits per heavy atom. The number of ether oxygens (including phenoxy) is 2. The average Bonchev–Trinajstić information content (AvgIpc) is 3.59. The lowest BCUT2D eigenvalue weighted by Crippen LogP contribution is -2.48. The third-order valence-corrected chi connectivity index (χ3v) is 8.02. The minimum atomic E-state index is 0.00983. The first-order chi connectivity index (χ1) is 18.6. The number of piperazine rings is 1. The molecular formula is C32H35N3O3. The van der Waals surface area contributed by atoms with Crippen LogP contribution in [0.3, 0.4) is 0 Å². The fourth-order valence-corrected chi connectivity index (χ4v) is 5.78. The topological polar surface area (TPSA) is 57.8 Å². The van der Waals surface area contributed by atoms with Crippen molar-refractivity contribution in [1.82, 2.24) is 14.8 Å². The number of aromatic nitrogens is 1. The number of aryl methyl sites for hydroxylation is 2. The Balaban J connectivity index is 1.16. The van der Waals surface area contributed by atoms with Gasteiger partial charge in [0.05, 0.1) is 0 Å². The van der Waals surface area contributed by atoms with Crippen LogP contribution in [0.4, 0.5) is 0 Å². The first-order valence-electron chi connectivity index (χ1n) is 13.6. The Morgan fingerprint density at radius 1 is 0.974 bits per heavy atom.